The van der Waals surface area contributed by atoms with Crippen LogP contribution in [-0.2, 0) is 6.18 Å². The first-order valence-corrected chi connectivity index (χ1v) is 5.49. The molecule has 0 spiro atoms. The van der Waals surface area contributed by atoms with Crippen LogP contribution in [0.5, 0.6) is 0 Å². The molecule has 0 saturated carbocycles. The molecule has 1 aliphatic rings. The molecule has 1 aromatic rings. The molecule has 1 fully saturated rings. The van der Waals surface area contributed by atoms with Gasteiger partial charge in [0.05, 0.1) is 5.56 Å². The van der Waals surface area contributed by atoms with Gasteiger partial charge in [-0.05, 0) is 25.2 Å². The standard InChI is InChI=1S/C12H14F3N2/c1-16-6-8-17(9-7-16)11-5-3-2-4-10(11)12(13,14)15/h2,4-5H,6-9H2,1H3. The smallest absolute Gasteiger partial charge is 0.368 e. The van der Waals surface area contributed by atoms with Gasteiger partial charge in [0.2, 0.25) is 0 Å². The summed E-state index contributed by atoms with van der Waals surface area (Å²) in [5, 5.41) is 0. The third kappa shape index (κ3) is 2.72. The van der Waals surface area contributed by atoms with Gasteiger partial charge in [-0.1, -0.05) is 6.07 Å². The number of anilines is 1. The van der Waals surface area contributed by atoms with Gasteiger partial charge in [0, 0.05) is 31.9 Å². The first-order chi connectivity index (χ1) is 7.98. The fourth-order valence-electron chi connectivity index (χ4n) is 1.97. The van der Waals surface area contributed by atoms with Gasteiger partial charge in [0.1, 0.15) is 0 Å². The number of halogens is 3. The average Bonchev–Trinajstić information content (AvgIpc) is 2.29. The van der Waals surface area contributed by atoms with E-state index in [-0.39, 0.29) is 5.69 Å². The van der Waals surface area contributed by atoms with Crippen LogP contribution in [0.3, 0.4) is 0 Å². The molecule has 93 valence electrons. The van der Waals surface area contributed by atoms with Crippen molar-refractivity contribution in [3.05, 3.63) is 29.8 Å². The molecule has 0 bridgehead atoms. The molecule has 0 unspecified atom stereocenters. The number of rotatable bonds is 1. The van der Waals surface area contributed by atoms with Crippen LogP contribution < -0.4 is 4.90 Å². The molecule has 2 rings (SSSR count). The lowest BCUT2D eigenvalue weighted by atomic mass is 10.1. The number of hydrogen-bond donors (Lipinski definition) is 0. The van der Waals surface area contributed by atoms with Crippen LogP contribution in [0.2, 0.25) is 0 Å². The number of likely N-dealkylation sites (N-methyl/N-ethyl adjacent to an activating group) is 1. The minimum Gasteiger partial charge on any atom is -0.368 e. The van der Waals surface area contributed by atoms with E-state index in [9.17, 15) is 13.2 Å². The van der Waals surface area contributed by atoms with E-state index >= 15 is 0 Å². The predicted molar refractivity (Wildman–Crippen MR) is 60.0 cm³/mol. The maximum Gasteiger partial charge on any atom is 0.418 e. The number of piperazine rings is 1. The van der Waals surface area contributed by atoms with Crippen molar-refractivity contribution >= 4 is 5.69 Å². The summed E-state index contributed by atoms with van der Waals surface area (Å²) in [6, 6.07) is 6.55. The zero-order valence-electron chi connectivity index (χ0n) is 9.59. The summed E-state index contributed by atoms with van der Waals surface area (Å²) in [5.41, 5.74) is -0.325. The second-order valence-corrected chi connectivity index (χ2v) is 4.23. The van der Waals surface area contributed by atoms with Gasteiger partial charge in [-0.15, -0.1) is 0 Å². The maximum absolute atomic E-state index is 12.8. The summed E-state index contributed by atoms with van der Waals surface area (Å²) in [6.45, 7) is 2.81. The zero-order valence-corrected chi connectivity index (χ0v) is 9.59. The van der Waals surface area contributed by atoms with Crippen LogP contribution >= 0.6 is 0 Å². The van der Waals surface area contributed by atoms with Crippen molar-refractivity contribution in [2.24, 2.45) is 0 Å². The number of hydrogen-bond acceptors (Lipinski definition) is 2. The summed E-state index contributed by atoms with van der Waals surface area (Å²) < 4.78 is 38.5. The highest BCUT2D eigenvalue weighted by atomic mass is 19.4. The van der Waals surface area contributed by atoms with Crippen molar-refractivity contribution in [2.75, 3.05) is 38.1 Å². The minimum atomic E-state index is -4.30. The molecule has 1 heterocycles. The topological polar surface area (TPSA) is 6.48 Å². The van der Waals surface area contributed by atoms with Gasteiger partial charge in [0.15, 0.2) is 0 Å². The van der Waals surface area contributed by atoms with Crippen molar-refractivity contribution in [2.45, 2.75) is 6.18 Å². The Morgan fingerprint density at radius 1 is 1.18 bits per heavy atom. The molecule has 1 saturated heterocycles. The quantitative estimate of drug-likeness (QED) is 0.746. The lowest BCUT2D eigenvalue weighted by molar-refractivity contribution is -0.137. The summed E-state index contributed by atoms with van der Waals surface area (Å²) in [6.07, 6.45) is -4.30. The van der Waals surface area contributed by atoms with Crippen LogP contribution in [-0.4, -0.2) is 38.1 Å². The third-order valence-corrected chi connectivity index (χ3v) is 2.99. The number of benzene rings is 1. The fraction of sp³-hybridized carbons (Fsp3) is 0.500. The Kier molecular flexibility index (Phi) is 3.28. The predicted octanol–water partition coefficient (Wildman–Crippen LogP) is 2.26. The number of nitrogens with zero attached hydrogens (tertiary/aromatic N) is 2. The highest BCUT2D eigenvalue weighted by molar-refractivity contribution is 5.55. The van der Waals surface area contributed by atoms with Gasteiger partial charge < -0.3 is 9.80 Å². The molecule has 1 aliphatic heterocycles. The Labute approximate surface area is 98.6 Å². The van der Waals surface area contributed by atoms with Gasteiger partial charge in [0.25, 0.3) is 0 Å². The second kappa shape index (κ2) is 4.56. The zero-order chi connectivity index (χ0) is 12.5. The van der Waals surface area contributed by atoms with Crippen LogP contribution in [0.15, 0.2) is 18.2 Å². The average molecular weight is 243 g/mol. The minimum absolute atomic E-state index is 0.244. The fourth-order valence-corrected chi connectivity index (χ4v) is 1.97. The molecule has 17 heavy (non-hydrogen) atoms. The molecule has 5 heteroatoms. The molecule has 1 aromatic carbocycles. The Bertz CT molecular complexity index is 382. The molecule has 0 amide bonds. The van der Waals surface area contributed by atoms with Crippen molar-refractivity contribution in [1.29, 1.82) is 0 Å². The van der Waals surface area contributed by atoms with E-state index in [1.54, 1.807) is 4.90 Å². The lowest BCUT2D eigenvalue weighted by Crippen LogP contribution is -2.45. The van der Waals surface area contributed by atoms with Gasteiger partial charge >= 0.3 is 6.18 Å². The van der Waals surface area contributed by atoms with Crippen LogP contribution in [0, 0.1) is 6.07 Å². The molecule has 0 N–H and O–H groups in total. The molecular weight excluding hydrogens is 229 g/mol. The first kappa shape index (κ1) is 12.2. The molecule has 0 atom stereocenters. The van der Waals surface area contributed by atoms with E-state index in [0.29, 0.717) is 13.1 Å². The first-order valence-electron chi connectivity index (χ1n) is 5.49. The summed E-state index contributed by atoms with van der Waals surface area (Å²) in [7, 11) is 1.97. The Morgan fingerprint density at radius 3 is 2.41 bits per heavy atom. The maximum atomic E-state index is 12.8. The summed E-state index contributed by atoms with van der Waals surface area (Å²) >= 11 is 0. The van der Waals surface area contributed by atoms with Crippen molar-refractivity contribution < 1.29 is 13.2 Å². The largest absolute Gasteiger partial charge is 0.418 e. The molecule has 2 nitrogen and oxygen atoms in total. The molecule has 0 aliphatic carbocycles. The SMILES string of the molecule is CN1CCN(c2c[c]ccc2C(F)(F)F)CC1. The van der Waals surface area contributed by atoms with Crippen molar-refractivity contribution in [1.82, 2.24) is 4.90 Å². The Morgan fingerprint density at radius 2 is 1.82 bits per heavy atom. The summed E-state index contributed by atoms with van der Waals surface area (Å²) in [4.78, 5) is 3.88. The highest BCUT2D eigenvalue weighted by Crippen LogP contribution is 2.36. The van der Waals surface area contributed by atoms with E-state index in [2.05, 4.69) is 11.0 Å². The summed E-state index contributed by atoms with van der Waals surface area (Å²) in [5.74, 6) is 0. The van der Waals surface area contributed by atoms with Crippen molar-refractivity contribution in [3.8, 4) is 0 Å². The molecule has 1 radical (unpaired) electrons. The van der Waals surface area contributed by atoms with Gasteiger partial charge in [-0.25, -0.2) is 0 Å². The second-order valence-electron chi connectivity index (χ2n) is 4.23. The van der Waals surface area contributed by atoms with Crippen LogP contribution in [0.4, 0.5) is 18.9 Å². The normalized spacial score (nSPS) is 18.5. The molecule has 0 aromatic heterocycles. The molecular formula is C12H14F3N2. The third-order valence-electron chi connectivity index (χ3n) is 2.99. The van der Waals surface area contributed by atoms with E-state index in [4.69, 9.17) is 0 Å². The van der Waals surface area contributed by atoms with E-state index < -0.39 is 11.7 Å². The van der Waals surface area contributed by atoms with E-state index in [1.807, 2.05) is 7.05 Å². The number of alkyl halides is 3. The monoisotopic (exact) mass is 243 g/mol. The van der Waals surface area contributed by atoms with Crippen LogP contribution in [0.1, 0.15) is 5.56 Å². The lowest BCUT2D eigenvalue weighted by Gasteiger charge is -2.35. The van der Waals surface area contributed by atoms with Crippen molar-refractivity contribution in [3.63, 3.8) is 0 Å². The van der Waals surface area contributed by atoms with E-state index in [0.717, 1.165) is 19.2 Å². The van der Waals surface area contributed by atoms with Gasteiger partial charge in [-0.2, -0.15) is 13.2 Å². The van der Waals surface area contributed by atoms with Gasteiger partial charge in [-0.3, -0.25) is 0 Å². The van der Waals surface area contributed by atoms with Crippen LogP contribution in [0.25, 0.3) is 0 Å². The highest BCUT2D eigenvalue weighted by Gasteiger charge is 2.34. The Balaban J connectivity index is 2.26. The Hall–Kier alpha value is -1.23. The van der Waals surface area contributed by atoms with E-state index in [1.165, 1.54) is 12.1 Å².